The molecule has 0 radical (unpaired) electrons. The van der Waals surface area contributed by atoms with Crippen LogP contribution in [0, 0.1) is 11.8 Å². The predicted molar refractivity (Wildman–Crippen MR) is 74.9 cm³/mol. The van der Waals surface area contributed by atoms with Crippen LogP contribution >= 0.6 is 0 Å². The molecule has 0 bridgehead atoms. The van der Waals surface area contributed by atoms with Crippen molar-refractivity contribution < 1.29 is 14.7 Å². The number of hydrogen-bond acceptors (Lipinski definition) is 2. The minimum absolute atomic E-state index is 0.0857. The molecule has 0 aromatic heterocycles. The second-order valence-electron chi connectivity index (χ2n) is 5.78. The van der Waals surface area contributed by atoms with E-state index in [-0.39, 0.29) is 18.2 Å². The maximum Gasteiger partial charge on any atom is 0.303 e. The van der Waals surface area contributed by atoms with E-state index >= 15 is 0 Å². The van der Waals surface area contributed by atoms with E-state index in [0.29, 0.717) is 13.0 Å². The zero-order valence-corrected chi connectivity index (χ0v) is 12.0. The van der Waals surface area contributed by atoms with Gasteiger partial charge in [0.05, 0.1) is 0 Å². The molecule has 1 aliphatic rings. The average Bonchev–Trinajstić information content (AvgIpc) is 2.38. The Balaban J connectivity index is 2.08. The van der Waals surface area contributed by atoms with E-state index in [1.807, 2.05) is 6.92 Å². The highest BCUT2D eigenvalue weighted by Crippen LogP contribution is 2.28. The van der Waals surface area contributed by atoms with E-state index in [4.69, 9.17) is 5.11 Å². The molecular formula is C15H27NO3. The summed E-state index contributed by atoms with van der Waals surface area (Å²) in [7, 11) is 0. The summed E-state index contributed by atoms with van der Waals surface area (Å²) in [5.41, 5.74) is 0. The van der Waals surface area contributed by atoms with E-state index in [0.717, 1.165) is 18.8 Å². The largest absolute Gasteiger partial charge is 0.481 e. The number of rotatable bonds is 8. The van der Waals surface area contributed by atoms with Gasteiger partial charge in [-0.05, 0) is 25.2 Å². The second kappa shape index (κ2) is 8.94. The van der Waals surface area contributed by atoms with Gasteiger partial charge in [0, 0.05) is 18.9 Å². The first kappa shape index (κ1) is 16.0. The maximum atomic E-state index is 11.9. The summed E-state index contributed by atoms with van der Waals surface area (Å²) in [6, 6.07) is 0. The molecular weight excluding hydrogens is 242 g/mol. The number of carboxylic acid groups (broad SMARTS) is 1. The topological polar surface area (TPSA) is 66.4 Å². The number of amides is 1. The number of carbonyl (C=O) groups is 2. The molecule has 1 fully saturated rings. The molecule has 19 heavy (non-hydrogen) atoms. The highest BCUT2D eigenvalue weighted by atomic mass is 16.4. The Morgan fingerprint density at radius 1 is 1.21 bits per heavy atom. The smallest absolute Gasteiger partial charge is 0.303 e. The van der Waals surface area contributed by atoms with Gasteiger partial charge in [0.15, 0.2) is 0 Å². The first-order chi connectivity index (χ1) is 9.09. The van der Waals surface area contributed by atoms with Crippen LogP contribution in [0.1, 0.15) is 64.7 Å². The number of carboxylic acids is 1. The van der Waals surface area contributed by atoms with Crippen LogP contribution in [-0.2, 0) is 9.59 Å². The fourth-order valence-corrected chi connectivity index (χ4v) is 2.82. The van der Waals surface area contributed by atoms with Gasteiger partial charge in [0.1, 0.15) is 0 Å². The summed E-state index contributed by atoms with van der Waals surface area (Å²) in [6.07, 6.45) is 9.09. The summed E-state index contributed by atoms with van der Waals surface area (Å²) in [6.45, 7) is 2.60. The highest BCUT2D eigenvalue weighted by Gasteiger charge is 2.20. The minimum Gasteiger partial charge on any atom is -0.481 e. The van der Waals surface area contributed by atoms with Gasteiger partial charge in [-0.2, -0.15) is 0 Å². The van der Waals surface area contributed by atoms with E-state index in [1.54, 1.807) is 0 Å². The van der Waals surface area contributed by atoms with Crippen LogP contribution in [0.25, 0.3) is 0 Å². The number of aliphatic carboxylic acids is 1. The third kappa shape index (κ3) is 7.19. The Kier molecular flexibility index (Phi) is 7.53. The molecule has 1 aliphatic carbocycles. The molecule has 1 saturated carbocycles. The summed E-state index contributed by atoms with van der Waals surface area (Å²) >= 11 is 0. The molecule has 0 heterocycles. The zero-order valence-electron chi connectivity index (χ0n) is 12.0. The van der Waals surface area contributed by atoms with Crippen molar-refractivity contribution in [2.75, 3.05) is 6.54 Å². The van der Waals surface area contributed by atoms with E-state index < -0.39 is 5.97 Å². The minimum atomic E-state index is -0.767. The van der Waals surface area contributed by atoms with Crippen LogP contribution < -0.4 is 5.32 Å². The first-order valence-electron chi connectivity index (χ1n) is 7.59. The molecule has 1 unspecified atom stereocenters. The maximum absolute atomic E-state index is 11.9. The molecule has 4 nitrogen and oxygen atoms in total. The lowest BCUT2D eigenvalue weighted by molar-refractivity contribution is -0.137. The van der Waals surface area contributed by atoms with Crippen molar-refractivity contribution in [3.63, 3.8) is 0 Å². The molecule has 110 valence electrons. The van der Waals surface area contributed by atoms with Gasteiger partial charge in [0.2, 0.25) is 5.91 Å². The third-order valence-electron chi connectivity index (χ3n) is 3.98. The van der Waals surface area contributed by atoms with Crippen LogP contribution in [0.15, 0.2) is 0 Å². The van der Waals surface area contributed by atoms with Crippen molar-refractivity contribution in [2.24, 2.45) is 11.8 Å². The second-order valence-corrected chi connectivity index (χ2v) is 5.78. The fourth-order valence-electron chi connectivity index (χ4n) is 2.82. The molecule has 1 rings (SSSR count). The van der Waals surface area contributed by atoms with Crippen molar-refractivity contribution in [1.29, 1.82) is 0 Å². The number of carbonyl (C=O) groups excluding carboxylic acids is 1. The molecule has 0 aliphatic heterocycles. The molecule has 1 atom stereocenters. The normalized spacial score (nSPS) is 17.9. The van der Waals surface area contributed by atoms with Crippen molar-refractivity contribution in [3.8, 4) is 0 Å². The average molecular weight is 269 g/mol. The monoisotopic (exact) mass is 269 g/mol. The van der Waals surface area contributed by atoms with Crippen molar-refractivity contribution in [3.05, 3.63) is 0 Å². The van der Waals surface area contributed by atoms with E-state index in [2.05, 4.69) is 5.32 Å². The lowest BCUT2D eigenvalue weighted by Gasteiger charge is -2.24. The number of nitrogens with one attached hydrogen (secondary N) is 1. The Labute approximate surface area is 116 Å². The van der Waals surface area contributed by atoms with Crippen molar-refractivity contribution in [2.45, 2.75) is 64.7 Å². The summed E-state index contributed by atoms with van der Waals surface area (Å²) < 4.78 is 0. The third-order valence-corrected chi connectivity index (χ3v) is 3.98. The van der Waals surface area contributed by atoms with Crippen LogP contribution in [-0.4, -0.2) is 23.5 Å². The van der Waals surface area contributed by atoms with Crippen LogP contribution in [0.3, 0.4) is 0 Å². The standard InChI is InChI=1S/C15H27NO3/c1-12(11-13-7-3-2-4-8-13)15(19)16-10-6-5-9-14(17)18/h12-13H,2-11H2,1H3,(H,16,19)(H,17,18). The highest BCUT2D eigenvalue weighted by molar-refractivity contribution is 5.78. The van der Waals surface area contributed by atoms with Crippen LogP contribution in [0.5, 0.6) is 0 Å². The molecule has 0 saturated heterocycles. The van der Waals surface area contributed by atoms with Gasteiger partial charge >= 0.3 is 5.97 Å². The Morgan fingerprint density at radius 3 is 2.53 bits per heavy atom. The molecule has 0 spiro atoms. The number of unbranched alkanes of at least 4 members (excludes halogenated alkanes) is 1. The van der Waals surface area contributed by atoms with Gasteiger partial charge in [-0.25, -0.2) is 0 Å². The van der Waals surface area contributed by atoms with Gasteiger partial charge in [0.25, 0.3) is 0 Å². The fraction of sp³-hybridized carbons (Fsp3) is 0.867. The SMILES string of the molecule is CC(CC1CCCCC1)C(=O)NCCCCC(=O)O. The van der Waals surface area contributed by atoms with Gasteiger partial charge in [-0.15, -0.1) is 0 Å². The lowest BCUT2D eigenvalue weighted by Crippen LogP contribution is -2.31. The van der Waals surface area contributed by atoms with Crippen molar-refractivity contribution in [1.82, 2.24) is 5.32 Å². The molecule has 0 aromatic rings. The quantitative estimate of drug-likeness (QED) is 0.666. The van der Waals surface area contributed by atoms with E-state index in [9.17, 15) is 9.59 Å². The van der Waals surface area contributed by atoms with E-state index in [1.165, 1.54) is 32.1 Å². The first-order valence-corrected chi connectivity index (χ1v) is 7.59. The Morgan fingerprint density at radius 2 is 1.89 bits per heavy atom. The van der Waals surface area contributed by atoms with Gasteiger partial charge < -0.3 is 10.4 Å². The summed E-state index contributed by atoms with van der Waals surface area (Å²) in [4.78, 5) is 22.2. The van der Waals surface area contributed by atoms with Crippen LogP contribution in [0.2, 0.25) is 0 Å². The molecule has 0 aromatic carbocycles. The summed E-state index contributed by atoms with van der Waals surface area (Å²) in [5, 5.41) is 11.4. The van der Waals surface area contributed by atoms with Gasteiger partial charge in [-0.3, -0.25) is 9.59 Å². The molecule has 1 amide bonds. The zero-order chi connectivity index (χ0) is 14.1. The Bertz CT molecular complexity index is 285. The molecule has 2 N–H and O–H groups in total. The number of hydrogen-bond donors (Lipinski definition) is 2. The van der Waals surface area contributed by atoms with Gasteiger partial charge in [-0.1, -0.05) is 39.0 Å². The lowest BCUT2D eigenvalue weighted by atomic mass is 9.83. The van der Waals surface area contributed by atoms with Crippen molar-refractivity contribution >= 4 is 11.9 Å². The molecule has 4 heteroatoms. The summed E-state index contributed by atoms with van der Waals surface area (Å²) in [5.74, 6) is 0.168. The van der Waals surface area contributed by atoms with Crippen LogP contribution in [0.4, 0.5) is 0 Å². The Hall–Kier alpha value is -1.06. The predicted octanol–water partition coefficient (Wildman–Crippen LogP) is 2.96.